The molecule has 1 fully saturated rings. The molecule has 6 heteroatoms. The van der Waals surface area contributed by atoms with Gasteiger partial charge in [-0.25, -0.2) is 4.98 Å². The molecule has 4 rings (SSSR count). The van der Waals surface area contributed by atoms with Crippen LogP contribution in [0.5, 0.6) is 0 Å². The van der Waals surface area contributed by atoms with Crippen LogP contribution in [0.4, 0.5) is 0 Å². The topological polar surface area (TPSA) is 73.9 Å². The van der Waals surface area contributed by atoms with Gasteiger partial charge in [-0.2, -0.15) is 0 Å². The minimum absolute atomic E-state index is 0.120. The lowest BCUT2D eigenvalue weighted by Crippen LogP contribution is -2.44. The lowest BCUT2D eigenvalue weighted by Gasteiger charge is -2.36. The van der Waals surface area contributed by atoms with Gasteiger partial charge in [-0.3, -0.25) is 14.7 Å². The summed E-state index contributed by atoms with van der Waals surface area (Å²) < 4.78 is 0. The van der Waals surface area contributed by atoms with Crippen molar-refractivity contribution in [1.29, 1.82) is 0 Å². The van der Waals surface area contributed by atoms with Crippen LogP contribution in [-0.4, -0.2) is 39.0 Å². The van der Waals surface area contributed by atoms with Gasteiger partial charge in [0.15, 0.2) is 0 Å². The Morgan fingerprint density at radius 2 is 2.04 bits per heavy atom. The van der Waals surface area contributed by atoms with Crippen LogP contribution in [0.3, 0.4) is 0 Å². The number of piperidine rings is 1. The van der Waals surface area contributed by atoms with Crippen molar-refractivity contribution in [2.75, 3.05) is 13.1 Å². The number of nitrogens with one attached hydrogen (secondary N) is 2. The van der Waals surface area contributed by atoms with Gasteiger partial charge in [0.2, 0.25) is 0 Å². The van der Waals surface area contributed by atoms with E-state index in [4.69, 9.17) is 0 Å². The van der Waals surface area contributed by atoms with Gasteiger partial charge in [-0.15, -0.1) is 0 Å². The van der Waals surface area contributed by atoms with E-state index >= 15 is 0 Å². The quantitative estimate of drug-likeness (QED) is 0.704. The van der Waals surface area contributed by atoms with Crippen molar-refractivity contribution in [3.8, 4) is 0 Å². The second kappa shape index (κ2) is 8.41. The molecular weight excluding hydrogens is 338 g/mol. The Labute approximate surface area is 158 Å². The second-order valence-electron chi connectivity index (χ2n) is 7.12. The van der Waals surface area contributed by atoms with Crippen LogP contribution in [0.1, 0.15) is 30.5 Å². The highest BCUT2D eigenvalue weighted by Gasteiger charge is 2.22. The van der Waals surface area contributed by atoms with Crippen molar-refractivity contribution in [3.63, 3.8) is 0 Å². The maximum absolute atomic E-state index is 11.9. The minimum atomic E-state index is -0.120. The normalized spacial score (nSPS) is 18.0. The largest absolute Gasteiger partial charge is 0.313 e. The van der Waals surface area contributed by atoms with Crippen LogP contribution in [-0.2, 0) is 13.1 Å². The van der Waals surface area contributed by atoms with Crippen LogP contribution in [0, 0.1) is 0 Å². The van der Waals surface area contributed by atoms with Crippen molar-refractivity contribution in [2.24, 2.45) is 0 Å². The number of hydrogen-bond donors (Lipinski definition) is 2. The van der Waals surface area contributed by atoms with Crippen molar-refractivity contribution in [3.05, 3.63) is 70.5 Å². The highest BCUT2D eigenvalue weighted by atomic mass is 16.1. The van der Waals surface area contributed by atoms with E-state index in [2.05, 4.69) is 55.5 Å². The average Bonchev–Trinajstić information content (AvgIpc) is 2.71. The molecule has 2 N–H and O–H groups in total. The van der Waals surface area contributed by atoms with Crippen LogP contribution < -0.4 is 10.9 Å². The van der Waals surface area contributed by atoms with Gasteiger partial charge in [-0.1, -0.05) is 36.8 Å². The summed E-state index contributed by atoms with van der Waals surface area (Å²) in [5, 5.41) is 4.13. The smallest absolute Gasteiger partial charge is 0.258 e. The zero-order chi connectivity index (χ0) is 18.5. The highest BCUT2D eigenvalue weighted by molar-refractivity contribution is 5.78. The van der Waals surface area contributed by atoms with E-state index < -0.39 is 0 Å². The SMILES string of the molecule is O=c1[nH]cnc2c(CNCC3CCCCN3Cc3ccccc3)nccc12. The lowest BCUT2D eigenvalue weighted by atomic mass is 10.0. The van der Waals surface area contributed by atoms with Gasteiger partial charge >= 0.3 is 0 Å². The molecule has 0 saturated carbocycles. The van der Waals surface area contributed by atoms with E-state index in [0.29, 0.717) is 23.5 Å². The van der Waals surface area contributed by atoms with Crippen molar-refractivity contribution in [2.45, 2.75) is 38.4 Å². The number of hydrogen-bond acceptors (Lipinski definition) is 5. The van der Waals surface area contributed by atoms with Crippen LogP contribution >= 0.6 is 0 Å². The molecule has 6 nitrogen and oxygen atoms in total. The summed E-state index contributed by atoms with van der Waals surface area (Å²) in [6.07, 6.45) is 6.87. The maximum atomic E-state index is 11.9. The fourth-order valence-electron chi connectivity index (χ4n) is 3.86. The van der Waals surface area contributed by atoms with E-state index in [1.165, 1.54) is 31.2 Å². The Kier molecular flexibility index (Phi) is 5.55. The summed E-state index contributed by atoms with van der Waals surface area (Å²) in [6, 6.07) is 12.9. The average molecular weight is 363 g/mol. The van der Waals surface area contributed by atoms with Gasteiger partial charge in [0.05, 0.1) is 17.4 Å². The van der Waals surface area contributed by atoms with Crippen molar-refractivity contribution in [1.82, 2.24) is 25.2 Å². The summed E-state index contributed by atoms with van der Waals surface area (Å²) in [7, 11) is 0. The van der Waals surface area contributed by atoms with Crippen molar-refractivity contribution >= 4 is 10.9 Å². The molecule has 0 amide bonds. The molecule has 1 aliphatic heterocycles. The van der Waals surface area contributed by atoms with Gasteiger partial charge in [0.25, 0.3) is 5.56 Å². The molecule has 3 aromatic rings. The number of pyridine rings is 1. The Bertz CT molecular complexity index is 940. The number of nitrogens with zero attached hydrogens (tertiary/aromatic N) is 3. The highest BCUT2D eigenvalue weighted by Crippen LogP contribution is 2.19. The minimum Gasteiger partial charge on any atom is -0.313 e. The predicted octanol–water partition coefficient (Wildman–Crippen LogP) is 2.46. The zero-order valence-corrected chi connectivity index (χ0v) is 15.4. The molecule has 1 aliphatic rings. The number of H-pyrrole nitrogens is 1. The maximum Gasteiger partial charge on any atom is 0.258 e. The van der Waals surface area contributed by atoms with Gasteiger partial charge < -0.3 is 10.3 Å². The third kappa shape index (κ3) is 4.23. The molecule has 1 aromatic carbocycles. The number of aromatic nitrogens is 3. The van der Waals surface area contributed by atoms with E-state index in [0.717, 1.165) is 25.3 Å². The number of rotatable bonds is 6. The van der Waals surface area contributed by atoms with E-state index in [9.17, 15) is 4.79 Å². The lowest BCUT2D eigenvalue weighted by molar-refractivity contribution is 0.137. The standard InChI is InChI=1S/C21H25N5O/c27-21-18-9-10-23-19(20(18)24-15-25-21)13-22-12-17-8-4-5-11-26(17)14-16-6-2-1-3-7-16/h1-3,6-7,9-10,15,17,22H,4-5,8,11-14H2,(H,24,25,27). The summed E-state index contributed by atoms with van der Waals surface area (Å²) in [4.78, 5) is 25.8. The number of benzene rings is 1. The summed E-state index contributed by atoms with van der Waals surface area (Å²) in [5.41, 5.74) is 2.75. The number of aromatic amines is 1. The first kappa shape index (κ1) is 17.8. The Morgan fingerprint density at radius 3 is 2.93 bits per heavy atom. The monoisotopic (exact) mass is 363 g/mol. The Morgan fingerprint density at radius 1 is 1.15 bits per heavy atom. The molecule has 0 aliphatic carbocycles. The van der Waals surface area contributed by atoms with Gasteiger partial charge in [0, 0.05) is 31.9 Å². The van der Waals surface area contributed by atoms with Gasteiger partial charge in [-0.05, 0) is 31.0 Å². The summed E-state index contributed by atoms with van der Waals surface area (Å²) >= 11 is 0. The molecule has 2 aromatic heterocycles. The summed E-state index contributed by atoms with van der Waals surface area (Å²) in [6.45, 7) is 3.67. The number of fused-ring (bicyclic) bond motifs is 1. The first-order valence-corrected chi connectivity index (χ1v) is 9.61. The summed E-state index contributed by atoms with van der Waals surface area (Å²) in [5.74, 6) is 0. The Balaban J connectivity index is 1.40. The number of likely N-dealkylation sites (tertiary alicyclic amines) is 1. The molecule has 27 heavy (non-hydrogen) atoms. The first-order chi connectivity index (χ1) is 13.3. The van der Waals surface area contributed by atoms with Crippen molar-refractivity contribution < 1.29 is 0 Å². The molecule has 1 atom stereocenters. The molecule has 3 heterocycles. The molecule has 0 radical (unpaired) electrons. The fourth-order valence-corrected chi connectivity index (χ4v) is 3.86. The first-order valence-electron chi connectivity index (χ1n) is 9.61. The molecule has 0 bridgehead atoms. The molecular formula is C21H25N5O. The molecule has 0 spiro atoms. The van der Waals surface area contributed by atoms with Gasteiger partial charge in [0.1, 0.15) is 5.52 Å². The van der Waals surface area contributed by atoms with Crippen LogP contribution in [0.2, 0.25) is 0 Å². The third-order valence-corrected chi connectivity index (χ3v) is 5.28. The van der Waals surface area contributed by atoms with E-state index in [1.807, 2.05) is 0 Å². The van der Waals surface area contributed by atoms with E-state index in [-0.39, 0.29) is 5.56 Å². The van der Waals surface area contributed by atoms with Crippen LogP contribution in [0.25, 0.3) is 10.9 Å². The molecule has 140 valence electrons. The third-order valence-electron chi connectivity index (χ3n) is 5.28. The predicted molar refractivity (Wildman–Crippen MR) is 106 cm³/mol. The van der Waals surface area contributed by atoms with E-state index in [1.54, 1.807) is 12.3 Å². The Hall–Kier alpha value is -2.57. The zero-order valence-electron chi connectivity index (χ0n) is 15.4. The second-order valence-corrected chi connectivity index (χ2v) is 7.12. The molecule has 1 unspecified atom stereocenters. The fraction of sp³-hybridized carbons (Fsp3) is 0.381. The molecule has 1 saturated heterocycles. The van der Waals surface area contributed by atoms with Crippen LogP contribution in [0.15, 0.2) is 53.7 Å².